The van der Waals surface area contributed by atoms with Crippen molar-refractivity contribution in [1.82, 2.24) is 4.98 Å². The highest BCUT2D eigenvalue weighted by molar-refractivity contribution is 7.09. The van der Waals surface area contributed by atoms with Crippen molar-refractivity contribution in [3.8, 4) is 11.5 Å². The van der Waals surface area contributed by atoms with Crippen LogP contribution in [0, 0.1) is 6.92 Å². The third-order valence-corrected chi connectivity index (χ3v) is 3.65. The lowest BCUT2D eigenvalue weighted by Crippen LogP contribution is -1.98. The molecule has 5 heteroatoms. The number of alkyl halides is 1. The summed E-state index contributed by atoms with van der Waals surface area (Å²) in [6.07, 6.45) is 0. The molecule has 2 rings (SSSR count). The Kier molecular flexibility index (Phi) is 4.44. The van der Waals surface area contributed by atoms with Crippen molar-refractivity contribution in [1.29, 1.82) is 0 Å². The molecule has 0 saturated carbocycles. The van der Waals surface area contributed by atoms with E-state index in [0.29, 0.717) is 24.0 Å². The zero-order valence-electron chi connectivity index (χ0n) is 10.3. The van der Waals surface area contributed by atoms with Crippen LogP contribution >= 0.6 is 22.9 Å². The molecule has 1 aromatic carbocycles. The number of rotatable bonds is 5. The number of thiazole rings is 1. The Morgan fingerprint density at radius 3 is 2.78 bits per heavy atom. The lowest BCUT2D eigenvalue weighted by Gasteiger charge is -2.10. The van der Waals surface area contributed by atoms with Gasteiger partial charge in [-0.25, -0.2) is 4.98 Å². The van der Waals surface area contributed by atoms with Gasteiger partial charge in [0.05, 0.1) is 7.11 Å². The van der Waals surface area contributed by atoms with Gasteiger partial charge in [0.25, 0.3) is 0 Å². The standard InChI is InChI=1S/C13H14ClNO2S/c1-9-8-18-13(15-9)7-17-11-4-3-10(6-14)5-12(11)16-2/h3-5,8H,6-7H2,1-2H3. The number of nitrogens with zero attached hydrogens (tertiary/aromatic N) is 1. The van der Waals surface area contributed by atoms with Crippen molar-refractivity contribution in [2.24, 2.45) is 0 Å². The molecule has 0 saturated heterocycles. The maximum Gasteiger partial charge on any atom is 0.161 e. The molecule has 0 atom stereocenters. The fourth-order valence-corrected chi connectivity index (χ4v) is 2.37. The zero-order valence-corrected chi connectivity index (χ0v) is 11.8. The first-order chi connectivity index (χ1) is 8.72. The molecule has 3 nitrogen and oxygen atoms in total. The molecule has 0 N–H and O–H groups in total. The number of hydrogen-bond donors (Lipinski definition) is 0. The van der Waals surface area contributed by atoms with Gasteiger partial charge in [-0.3, -0.25) is 0 Å². The van der Waals surface area contributed by atoms with Crippen LogP contribution in [0.25, 0.3) is 0 Å². The number of methoxy groups -OCH3 is 1. The second-order valence-corrected chi connectivity index (χ2v) is 5.00. The molecule has 1 aromatic heterocycles. The van der Waals surface area contributed by atoms with Crippen LogP contribution in [0.4, 0.5) is 0 Å². The van der Waals surface area contributed by atoms with Gasteiger partial charge in [-0.15, -0.1) is 22.9 Å². The van der Waals surface area contributed by atoms with Crippen LogP contribution in [0.1, 0.15) is 16.3 Å². The Labute approximate surface area is 115 Å². The molecule has 18 heavy (non-hydrogen) atoms. The highest BCUT2D eigenvalue weighted by atomic mass is 35.5. The van der Waals surface area contributed by atoms with E-state index in [1.54, 1.807) is 18.4 Å². The Hall–Kier alpha value is -1.26. The Morgan fingerprint density at radius 2 is 2.17 bits per heavy atom. The number of ether oxygens (including phenoxy) is 2. The molecule has 0 fully saturated rings. The van der Waals surface area contributed by atoms with Gasteiger partial charge in [0.1, 0.15) is 11.6 Å². The van der Waals surface area contributed by atoms with Crippen molar-refractivity contribution in [2.75, 3.05) is 7.11 Å². The largest absolute Gasteiger partial charge is 0.493 e. The molecule has 0 aliphatic heterocycles. The maximum absolute atomic E-state index is 5.78. The van der Waals surface area contributed by atoms with Gasteiger partial charge in [-0.2, -0.15) is 0 Å². The lowest BCUT2D eigenvalue weighted by atomic mass is 10.2. The minimum atomic E-state index is 0.453. The summed E-state index contributed by atoms with van der Waals surface area (Å²) in [7, 11) is 1.62. The normalized spacial score (nSPS) is 10.4. The molecule has 2 aromatic rings. The van der Waals surface area contributed by atoms with E-state index in [1.807, 2.05) is 30.5 Å². The molecule has 96 valence electrons. The van der Waals surface area contributed by atoms with Gasteiger partial charge in [-0.05, 0) is 24.6 Å². The summed E-state index contributed by atoms with van der Waals surface area (Å²) in [6.45, 7) is 2.42. The molecule has 0 aliphatic rings. The van der Waals surface area contributed by atoms with Crippen LogP contribution in [0.15, 0.2) is 23.6 Å². The van der Waals surface area contributed by atoms with Crippen molar-refractivity contribution < 1.29 is 9.47 Å². The van der Waals surface area contributed by atoms with Crippen molar-refractivity contribution in [3.63, 3.8) is 0 Å². The maximum atomic E-state index is 5.78. The number of hydrogen-bond acceptors (Lipinski definition) is 4. The SMILES string of the molecule is COc1cc(CCl)ccc1OCc1nc(C)cs1. The van der Waals surface area contributed by atoms with Gasteiger partial charge >= 0.3 is 0 Å². The van der Waals surface area contributed by atoms with Crippen LogP contribution in [-0.4, -0.2) is 12.1 Å². The predicted octanol–water partition coefficient (Wildman–Crippen LogP) is 3.78. The molecule has 0 amide bonds. The van der Waals surface area contributed by atoms with E-state index in [4.69, 9.17) is 21.1 Å². The van der Waals surface area contributed by atoms with E-state index in [1.165, 1.54) is 0 Å². The Bertz CT molecular complexity index is 527. The second kappa shape index (κ2) is 6.07. The van der Waals surface area contributed by atoms with Gasteiger partial charge < -0.3 is 9.47 Å². The Morgan fingerprint density at radius 1 is 1.33 bits per heavy atom. The molecular formula is C13H14ClNO2S. The van der Waals surface area contributed by atoms with Gasteiger partial charge in [0.2, 0.25) is 0 Å². The van der Waals surface area contributed by atoms with Crippen LogP contribution < -0.4 is 9.47 Å². The van der Waals surface area contributed by atoms with Gasteiger partial charge in [-0.1, -0.05) is 6.07 Å². The summed E-state index contributed by atoms with van der Waals surface area (Å²) < 4.78 is 11.0. The lowest BCUT2D eigenvalue weighted by molar-refractivity contribution is 0.284. The topological polar surface area (TPSA) is 31.4 Å². The average Bonchev–Trinajstić information content (AvgIpc) is 2.82. The monoisotopic (exact) mass is 283 g/mol. The second-order valence-electron chi connectivity index (χ2n) is 3.79. The van der Waals surface area contributed by atoms with E-state index in [-0.39, 0.29) is 0 Å². The van der Waals surface area contributed by atoms with E-state index < -0.39 is 0 Å². The minimum Gasteiger partial charge on any atom is -0.493 e. The molecule has 0 spiro atoms. The number of halogens is 1. The third-order valence-electron chi connectivity index (χ3n) is 2.40. The first-order valence-corrected chi connectivity index (χ1v) is 6.91. The highest BCUT2D eigenvalue weighted by Gasteiger charge is 2.07. The van der Waals surface area contributed by atoms with Crippen molar-refractivity contribution in [3.05, 3.63) is 39.8 Å². The van der Waals surface area contributed by atoms with Crippen LogP contribution in [0.5, 0.6) is 11.5 Å². The van der Waals surface area contributed by atoms with E-state index in [2.05, 4.69) is 4.98 Å². The van der Waals surface area contributed by atoms with Crippen LogP contribution in [-0.2, 0) is 12.5 Å². The van der Waals surface area contributed by atoms with Crippen molar-refractivity contribution in [2.45, 2.75) is 19.4 Å². The van der Waals surface area contributed by atoms with Crippen LogP contribution in [0.3, 0.4) is 0 Å². The zero-order chi connectivity index (χ0) is 13.0. The average molecular weight is 284 g/mol. The first kappa shape index (κ1) is 13.2. The summed E-state index contributed by atoms with van der Waals surface area (Å²) >= 11 is 7.37. The molecular weight excluding hydrogens is 270 g/mol. The van der Waals surface area contributed by atoms with E-state index in [9.17, 15) is 0 Å². The summed E-state index contributed by atoms with van der Waals surface area (Å²) in [5.74, 6) is 1.86. The fraction of sp³-hybridized carbons (Fsp3) is 0.308. The number of aryl methyl sites for hydroxylation is 1. The summed E-state index contributed by atoms with van der Waals surface area (Å²) in [5, 5.41) is 2.96. The summed E-state index contributed by atoms with van der Waals surface area (Å²) in [4.78, 5) is 4.35. The third kappa shape index (κ3) is 3.15. The quantitative estimate of drug-likeness (QED) is 0.783. The smallest absolute Gasteiger partial charge is 0.161 e. The summed E-state index contributed by atoms with van der Waals surface area (Å²) in [6, 6.07) is 5.68. The van der Waals surface area contributed by atoms with Gasteiger partial charge in [0.15, 0.2) is 11.5 Å². The van der Waals surface area contributed by atoms with Gasteiger partial charge in [0, 0.05) is 17.0 Å². The molecule has 1 heterocycles. The highest BCUT2D eigenvalue weighted by Crippen LogP contribution is 2.29. The Balaban J connectivity index is 2.08. The molecule has 0 unspecified atom stereocenters. The molecule has 0 radical (unpaired) electrons. The predicted molar refractivity (Wildman–Crippen MR) is 73.7 cm³/mol. The molecule has 0 aliphatic carbocycles. The van der Waals surface area contributed by atoms with E-state index >= 15 is 0 Å². The van der Waals surface area contributed by atoms with Crippen molar-refractivity contribution >= 4 is 22.9 Å². The summed E-state index contributed by atoms with van der Waals surface area (Å²) in [5.41, 5.74) is 2.02. The minimum absolute atomic E-state index is 0.453. The molecule has 0 bridgehead atoms. The fourth-order valence-electron chi connectivity index (χ4n) is 1.52. The number of aromatic nitrogens is 1. The number of benzene rings is 1. The van der Waals surface area contributed by atoms with Crippen LogP contribution in [0.2, 0.25) is 0 Å². The van der Waals surface area contributed by atoms with E-state index in [0.717, 1.165) is 16.3 Å². The first-order valence-electron chi connectivity index (χ1n) is 5.49.